The zero-order valence-corrected chi connectivity index (χ0v) is 12.9. The normalized spacial score (nSPS) is 16.5. The Hall–Kier alpha value is -1.72. The van der Waals surface area contributed by atoms with Crippen molar-refractivity contribution in [3.63, 3.8) is 0 Å². The molecule has 1 aromatic heterocycles. The van der Waals surface area contributed by atoms with E-state index in [1.165, 1.54) is 0 Å². The van der Waals surface area contributed by atoms with E-state index in [0.29, 0.717) is 23.2 Å². The van der Waals surface area contributed by atoms with Crippen LogP contribution in [0.1, 0.15) is 6.92 Å². The Balaban J connectivity index is 1.76. The molecule has 5 nitrogen and oxygen atoms in total. The van der Waals surface area contributed by atoms with Gasteiger partial charge in [-0.15, -0.1) is 0 Å². The largest absolute Gasteiger partial charge is 0.491 e. The number of ether oxygens (including phenoxy) is 2. The van der Waals surface area contributed by atoms with Crippen molar-refractivity contribution >= 4 is 17.4 Å². The number of nitrogens with zero attached hydrogens (tertiary/aromatic N) is 2. The summed E-state index contributed by atoms with van der Waals surface area (Å²) < 4.78 is 12.6. The van der Waals surface area contributed by atoms with Crippen LogP contribution in [-0.4, -0.2) is 29.6 Å². The predicted octanol–water partition coefficient (Wildman–Crippen LogP) is 2.74. The number of hydrogen-bond donors (Lipinski definition) is 1. The second-order valence-electron chi connectivity index (χ2n) is 5.82. The van der Waals surface area contributed by atoms with E-state index in [1.807, 2.05) is 24.3 Å². The van der Waals surface area contributed by atoms with E-state index in [9.17, 15) is 0 Å². The van der Waals surface area contributed by atoms with E-state index in [-0.39, 0.29) is 5.41 Å². The van der Waals surface area contributed by atoms with Gasteiger partial charge < -0.3 is 15.2 Å². The Morgan fingerprint density at radius 3 is 2.71 bits per heavy atom. The van der Waals surface area contributed by atoms with Gasteiger partial charge in [-0.25, -0.2) is 0 Å². The van der Waals surface area contributed by atoms with Crippen LogP contribution in [0.3, 0.4) is 0 Å². The highest BCUT2D eigenvalue weighted by atomic mass is 35.5. The second kappa shape index (κ2) is 5.24. The molecule has 1 fully saturated rings. The molecule has 1 aromatic carbocycles. The Morgan fingerprint density at radius 2 is 2.19 bits per heavy atom. The molecular formula is C15H18ClN3O2. The molecule has 2 N–H and O–H groups in total. The zero-order chi connectivity index (χ0) is 15.0. The molecule has 0 spiro atoms. The summed E-state index contributed by atoms with van der Waals surface area (Å²) in [5.74, 6) is 1.29. The molecule has 2 aromatic rings. The molecule has 1 aliphatic rings. The number of nitrogens with two attached hydrogens (primary N) is 1. The molecule has 6 heteroatoms. The van der Waals surface area contributed by atoms with Gasteiger partial charge in [-0.2, -0.15) is 5.10 Å². The van der Waals surface area contributed by atoms with E-state index in [2.05, 4.69) is 12.0 Å². The predicted molar refractivity (Wildman–Crippen MR) is 82.5 cm³/mol. The molecule has 0 radical (unpaired) electrons. The van der Waals surface area contributed by atoms with Crippen LogP contribution < -0.4 is 10.5 Å². The minimum atomic E-state index is 0.0947. The molecular weight excluding hydrogens is 290 g/mol. The highest BCUT2D eigenvalue weighted by molar-refractivity contribution is 6.32. The fourth-order valence-electron chi connectivity index (χ4n) is 2.19. The van der Waals surface area contributed by atoms with E-state index in [1.54, 1.807) is 11.7 Å². The van der Waals surface area contributed by atoms with Crippen LogP contribution in [-0.2, 0) is 11.8 Å². The number of aryl methyl sites for hydroxylation is 1. The van der Waals surface area contributed by atoms with Crippen molar-refractivity contribution in [2.45, 2.75) is 6.92 Å². The summed E-state index contributed by atoms with van der Waals surface area (Å²) in [6.45, 7) is 4.20. The van der Waals surface area contributed by atoms with Gasteiger partial charge >= 0.3 is 0 Å². The summed E-state index contributed by atoms with van der Waals surface area (Å²) in [5, 5.41) is 4.90. The quantitative estimate of drug-likeness (QED) is 0.943. The molecule has 0 saturated carbocycles. The van der Waals surface area contributed by atoms with E-state index < -0.39 is 0 Å². The lowest BCUT2D eigenvalue weighted by Gasteiger charge is -2.37. The van der Waals surface area contributed by atoms with E-state index in [4.69, 9.17) is 26.8 Å². The maximum Gasteiger partial charge on any atom is 0.137 e. The Morgan fingerprint density at radius 1 is 1.43 bits per heavy atom. The fourth-order valence-corrected chi connectivity index (χ4v) is 2.42. The van der Waals surface area contributed by atoms with Gasteiger partial charge in [0.25, 0.3) is 0 Å². The number of aromatic nitrogens is 2. The first-order valence-electron chi connectivity index (χ1n) is 6.77. The standard InChI is InChI=1S/C15H18ClN3O2/c1-15(7-20-8-15)9-21-13-4-3-10(5-11(13)16)12-6-14(17)19(2)18-12/h3-6H,7-9,17H2,1-2H3. The van der Waals surface area contributed by atoms with Gasteiger partial charge in [-0.05, 0) is 18.2 Å². The summed E-state index contributed by atoms with van der Waals surface area (Å²) in [5.41, 5.74) is 7.60. The van der Waals surface area contributed by atoms with Gasteiger partial charge in [0.15, 0.2) is 0 Å². The maximum absolute atomic E-state index is 6.29. The third-order valence-electron chi connectivity index (χ3n) is 3.62. The molecule has 3 rings (SSSR count). The molecule has 1 aliphatic heterocycles. The summed E-state index contributed by atoms with van der Waals surface area (Å²) in [7, 11) is 1.80. The van der Waals surface area contributed by atoms with Gasteiger partial charge in [0.2, 0.25) is 0 Å². The van der Waals surface area contributed by atoms with Crippen molar-refractivity contribution in [2.75, 3.05) is 25.6 Å². The molecule has 0 bridgehead atoms. The molecule has 1 saturated heterocycles. The van der Waals surface area contributed by atoms with E-state index >= 15 is 0 Å². The highest BCUT2D eigenvalue weighted by Gasteiger charge is 2.34. The maximum atomic E-state index is 6.29. The Bertz CT molecular complexity index is 645. The number of anilines is 1. The molecule has 0 unspecified atom stereocenters. The third-order valence-corrected chi connectivity index (χ3v) is 3.92. The van der Waals surface area contributed by atoms with Crippen LogP contribution in [0.25, 0.3) is 11.3 Å². The lowest BCUT2D eigenvalue weighted by atomic mass is 9.90. The van der Waals surface area contributed by atoms with Crippen molar-refractivity contribution in [3.8, 4) is 17.0 Å². The highest BCUT2D eigenvalue weighted by Crippen LogP contribution is 2.33. The molecule has 2 heterocycles. The Kier molecular flexibility index (Phi) is 3.55. The fraction of sp³-hybridized carbons (Fsp3) is 0.400. The van der Waals surface area contributed by atoms with Crippen LogP contribution >= 0.6 is 11.6 Å². The third kappa shape index (κ3) is 2.84. The lowest BCUT2D eigenvalue weighted by molar-refractivity contribution is -0.120. The molecule has 0 atom stereocenters. The monoisotopic (exact) mass is 307 g/mol. The van der Waals surface area contributed by atoms with Gasteiger partial charge in [-0.3, -0.25) is 4.68 Å². The van der Waals surface area contributed by atoms with Crippen molar-refractivity contribution < 1.29 is 9.47 Å². The first-order valence-corrected chi connectivity index (χ1v) is 7.15. The van der Waals surface area contributed by atoms with Gasteiger partial charge in [0.1, 0.15) is 11.6 Å². The summed E-state index contributed by atoms with van der Waals surface area (Å²) in [4.78, 5) is 0. The average molecular weight is 308 g/mol. The van der Waals surface area contributed by atoms with Crippen molar-refractivity contribution in [3.05, 3.63) is 29.3 Å². The van der Waals surface area contributed by atoms with Crippen LogP contribution in [0.5, 0.6) is 5.75 Å². The van der Waals surface area contributed by atoms with Crippen LogP contribution in [0, 0.1) is 5.41 Å². The molecule has 0 aliphatic carbocycles. The first-order chi connectivity index (χ1) is 9.97. The summed E-state index contributed by atoms with van der Waals surface area (Å²) in [6.07, 6.45) is 0. The first kappa shape index (κ1) is 14.2. The zero-order valence-electron chi connectivity index (χ0n) is 12.1. The number of benzene rings is 1. The smallest absolute Gasteiger partial charge is 0.137 e. The number of nitrogen functional groups attached to an aromatic ring is 1. The summed E-state index contributed by atoms with van der Waals surface area (Å²) in [6, 6.07) is 7.46. The van der Waals surface area contributed by atoms with Gasteiger partial charge in [-0.1, -0.05) is 18.5 Å². The van der Waals surface area contributed by atoms with Gasteiger partial charge in [0.05, 0.1) is 30.5 Å². The van der Waals surface area contributed by atoms with Crippen molar-refractivity contribution in [1.29, 1.82) is 0 Å². The van der Waals surface area contributed by atoms with Crippen LogP contribution in [0.4, 0.5) is 5.82 Å². The van der Waals surface area contributed by atoms with Gasteiger partial charge in [0, 0.05) is 24.1 Å². The van der Waals surface area contributed by atoms with E-state index in [0.717, 1.165) is 24.5 Å². The second-order valence-corrected chi connectivity index (χ2v) is 6.22. The van der Waals surface area contributed by atoms with Crippen molar-refractivity contribution in [1.82, 2.24) is 9.78 Å². The topological polar surface area (TPSA) is 62.3 Å². The van der Waals surface area contributed by atoms with Crippen LogP contribution in [0.2, 0.25) is 5.02 Å². The Labute approximate surface area is 128 Å². The number of halogens is 1. The number of rotatable bonds is 4. The lowest BCUT2D eigenvalue weighted by Crippen LogP contribution is -2.44. The summed E-state index contributed by atoms with van der Waals surface area (Å²) >= 11 is 6.29. The minimum absolute atomic E-state index is 0.0947. The average Bonchev–Trinajstić information content (AvgIpc) is 2.75. The minimum Gasteiger partial charge on any atom is -0.491 e. The SMILES string of the molecule is Cn1nc(-c2ccc(OCC3(C)COC3)c(Cl)c2)cc1N. The molecule has 21 heavy (non-hydrogen) atoms. The number of hydrogen-bond acceptors (Lipinski definition) is 4. The molecule has 0 amide bonds. The van der Waals surface area contributed by atoms with Crippen LogP contribution in [0.15, 0.2) is 24.3 Å². The molecule has 112 valence electrons. The van der Waals surface area contributed by atoms with Crippen molar-refractivity contribution in [2.24, 2.45) is 12.5 Å².